The summed E-state index contributed by atoms with van der Waals surface area (Å²) in [6, 6.07) is 13.6. The number of hydrogen-bond donors (Lipinski definition) is 3. The number of carboxylic acids is 3. The predicted octanol–water partition coefficient (Wildman–Crippen LogP) is 14.2. The molecule has 0 radical (unpaired) electrons. The van der Waals surface area contributed by atoms with Crippen LogP contribution >= 0.6 is 81.7 Å². The summed E-state index contributed by atoms with van der Waals surface area (Å²) in [5.74, 6) is -3.14. The predicted molar refractivity (Wildman–Crippen MR) is 267 cm³/mol. The van der Waals surface area contributed by atoms with Crippen LogP contribution in [-0.4, -0.2) is 67.3 Å². The summed E-state index contributed by atoms with van der Waals surface area (Å²) in [5, 5.41) is 29.4. The number of halogens is 4. The molecule has 0 unspecified atom stereocenters. The van der Waals surface area contributed by atoms with Crippen LogP contribution in [0.3, 0.4) is 0 Å². The van der Waals surface area contributed by atoms with Crippen molar-refractivity contribution in [2.45, 2.75) is 72.6 Å². The zero-order valence-electron chi connectivity index (χ0n) is 36.3. The lowest BCUT2D eigenvalue weighted by Crippen LogP contribution is -2.04. The van der Waals surface area contributed by atoms with Gasteiger partial charge >= 0.3 is 17.9 Å². The van der Waals surface area contributed by atoms with Gasteiger partial charge in [-0.15, -0.1) is 0 Å². The fraction of sp³-hybridized carbons (Fsp3) is 0.292. The van der Waals surface area contributed by atoms with Gasteiger partial charge in [0.1, 0.15) is 0 Å². The highest BCUT2D eigenvalue weighted by atomic mass is 35.5. The number of hydrogen-bond acceptors (Lipinski definition) is 9. The van der Waals surface area contributed by atoms with Crippen molar-refractivity contribution in [1.29, 1.82) is 0 Å². The molecule has 4 aromatic carbocycles. The molecule has 0 saturated heterocycles. The normalized spacial score (nSPS) is 10.7. The number of unbranched alkanes of at least 4 members (excludes halogenated alkanes) is 3. The minimum absolute atomic E-state index is 0.0379. The van der Waals surface area contributed by atoms with E-state index in [-0.39, 0.29) is 42.9 Å². The minimum Gasteiger partial charge on any atom is -0.481 e. The van der Waals surface area contributed by atoms with E-state index in [2.05, 4.69) is 0 Å². The first kappa shape index (κ1) is 54.3. The van der Waals surface area contributed by atoms with Gasteiger partial charge in [0.15, 0.2) is 5.12 Å². The van der Waals surface area contributed by atoms with Crippen LogP contribution in [-0.2, 0) is 9.59 Å². The van der Waals surface area contributed by atoms with Gasteiger partial charge in [-0.1, -0.05) is 93.8 Å². The van der Waals surface area contributed by atoms with E-state index in [0.29, 0.717) is 87.5 Å². The van der Waals surface area contributed by atoms with Crippen LogP contribution in [0, 0.1) is 27.7 Å². The van der Waals surface area contributed by atoms with Gasteiger partial charge in [0.05, 0.1) is 11.1 Å². The van der Waals surface area contributed by atoms with E-state index in [1.807, 2.05) is 50.3 Å². The summed E-state index contributed by atoms with van der Waals surface area (Å²) in [5.41, 5.74) is 7.40. The van der Waals surface area contributed by atoms with E-state index in [0.717, 1.165) is 51.4 Å². The van der Waals surface area contributed by atoms with Gasteiger partial charge in [-0.2, -0.15) is 0 Å². The summed E-state index contributed by atoms with van der Waals surface area (Å²) in [6.45, 7) is 6.86. The summed E-state index contributed by atoms with van der Waals surface area (Å²) in [6.07, 6.45) is 12.5. The molecule has 0 aliphatic heterocycles. The molecule has 0 bridgehead atoms. The molecule has 16 heteroatoms. The van der Waals surface area contributed by atoms with Crippen molar-refractivity contribution < 1.29 is 44.1 Å². The van der Waals surface area contributed by atoms with Crippen molar-refractivity contribution in [2.75, 3.05) is 18.8 Å². The Hall–Kier alpha value is -4.01. The largest absolute Gasteiger partial charge is 0.481 e. The van der Waals surface area contributed by atoms with Gasteiger partial charge in [0, 0.05) is 44.1 Å². The van der Waals surface area contributed by atoms with Crippen molar-refractivity contribution in [3.63, 3.8) is 0 Å². The lowest BCUT2D eigenvalue weighted by Gasteiger charge is -2.16. The summed E-state index contributed by atoms with van der Waals surface area (Å²) in [4.78, 5) is 70.8. The topological polar surface area (TPSA) is 163 Å². The maximum Gasteiger partial charge on any atom is 0.336 e. The third-order valence-electron chi connectivity index (χ3n) is 10.2. The van der Waals surface area contributed by atoms with Gasteiger partial charge in [0.25, 0.3) is 0 Å². The number of allylic oxidation sites excluding steroid dienone is 2. The van der Waals surface area contributed by atoms with Crippen molar-refractivity contribution in [3.8, 4) is 0 Å². The molecule has 4 aromatic rings. The molecule has 0 aliphatic carbocycles. The van der Waals surface area contributed by atoms with Crippen LogP contribution in [0.5, 0.6) is 0 Å². The molecule has 3 N–H and O–H groups in total. The Labute approximate surface area is 406 Å². The van der Waals surface area contributed by atoms with Crippen LogP contribution in [0.1, 0.15) is 131 Å². The van der Waals surface area contributed by atoms with Gasteiger partial charge in [-0.3, -0.25) is 19.2 Å². The smallest absolute Gasteiger partial charge is 0.336 e. The summed E-state index contributed by atoms with van der Waals surface area (Å²) in [7, 11) is 0. The SMILES string of the molecule is CSC(=O)CCCC=C(c1cc(Cl)c(C)c(C(=O)SC)c1)c1cc(Cl)c(C)c(C(=O)SC)c1.Cc1c(Cl)cc(C(=CCCCCC(=O)O)c2cc(Cl)c(C)c(C(=O)O)c2)cc1C(=O)O. The van der Waals surface area contributed by atoms with Crippen LogP contribution < -0.4 is 0 Å². The van der Waals surface area contributed by atoms with E-state index >= 15 is 0 Å². The second-order valence-corrected chi connectivity index (χ2v) is 18.5. The van der Waals surface area contributed by atoms with Crippen molar-refractivity contribution in [1.82, 2.24) is 0 Å². The first-order valence-corrected chi connectivity index (χ1v) is 24.9. The van der Waals surface area contributed by atoms with E-state index in [1.54, 1.807) is 44.7 Å². The number of aromatic carboxylic acids is 2. The number of carbonyl (C=O) groups is 6. The van der Waals surface area contributed by atoms with Crippen molar-refractivity contribution in [3.05, 3.63) is 148 Å². The second-order valence-electron chi connectivity index (χ2n) is 14.5. The number of carbonyl (C=O) groups excluding carboxylic acids is 3. The quantitative estimate of drug-likeness (QED) is 0.0859. The van der Waals surface area contributed by atoms with Gasteiger partial charge < -0.3 is 15.3 Å². The molecule has 340 valence electrons. The van der Waals surface area contributed by atoms with Crippen LogP contribution in [0.15, 0.2) is 60.7 Å². The number of aliphatic carboxylic acids is 1. The molecule has 0 aromatic heterocycles. The zero-order chi connectivity index (χ0) is 48.0. The third-order valence-corrected chi connectivity index (χ3v) is 13.7. The number of benzene rings is 4. The lowest BCUT2D eigenvalue weighted by atomic mass is 9.91. The Morgan fingerprint density at radius 3 is 1.11 bits per heavy atom. The Kier molecular flexibility index (Phi) is 21.7. The molecule has 0 amide bonds. The average Bonchev–Trinajstić information content (AvgIpc) is 3.25. The van der Waals surface area contributed by atoms with Gasteiger partial charge in [-0.25, -0.2) is 9.59 Å². The van der Waals surface area contributed by atoms with Crippen molar-refractivity contribution >= 4 is 126 Å². The fourth-order valence-electron chi connectivity index (χ4n) is 6.49. The highest BCUT2D eigenvalue weighted by molar-refractivity contribution is 8.13. The first-order chi connectivity index (χ1) is 30.2. The standard InChI is InChI=1S/C25H26Cl2O3S3.C23H22Cl2O6/c1-14-19(24(29)32-4)10-16(12-21(14)26)18(8-6-7-9-23(28)31-3)17-11-20(25(30)33-5)15(2)22(27)13-17;1-12-17(22(28)29)8-14(10-19(12)24)16(6-4-3-5-7-21(26)27)15-9-18(23(30)31)13(2)20(25)11-15/h8,10-13H,6-7,9H2,1-5H3;6,8-11H,3-5,7H2,1-2H3,(H,26,27)(H,28,29)(H,30,31). The molecule has 0 heterocycles. The molecule has 0 fully saturated rings. The molecule has 0 spiro atoms. The Morgan fingerprint density at radius 2 is 0.797 bits per heavy atom. The molecule has 0 aliphatic rings. The van der Waals surface area contributed by atoms with E-state index in [1.165, 1.54) is 23.9 Å². The highest BCUT2D eigenvalue weighted by Gasteiger charge is 2.21. The molecular formula is C48H48Cl4O9S3. The molecule has 64 heavy (non-hydrogen) atoms. The summed E-state index contributed by atoms with van der Waals surface area (Å²) >= 11 is 29.1. The Balaban J connectivity index is 0.000000341. The lowest BCUT2D eigenvalue weighted by molar-refractivity contribution is -0.137. The van der Waals surface area contributed by atoms with Crippen LogP contribution in [0.25, 0.3) is 11.1 Å². The zero-order valence-corrected chi connectivity index (χ0v) is 41.7. The molecule has 0 saturated carbocycles. The van der Waals surface area contributed by atoms with Gasteiger partial charge in [0.2, 0.25) is 10.2 Å². The Morgan fingerprint density at radius 1 is 0.469 bits per heavy atom. The van der Waals surface area contributed by atoms with E-state index < -0.39 is 17.9 Å². The second kappa shape index (κ2) is 25.6. The maximum absolute atomic E-state index is 12.5. The van der Waals surface area contributed by atoms with E-state index in [4.69, 9.17) is 51.5 Å². The average molecular weight is 1010 g/mol. The third kappa shape index (κ3) is 14.8. The van der Waals surface area contributed by atoms with E-state index in [9.17, 15) is 39.0 Å². The number of thioether (sulfide) groups is 3. The molecular weight excluding hydrogens is 959 g/mol. The summed E-state index contributed by atoms with van der Waals surface area (Å²) < 4.78 is 0. The Bertz CT molecular complexity index is 2390. The molecule has 9 nitrogen and oxygen atoms in total. The number of carboxylic acid groups (broad SMARTS) is 3. The van der Waals surface area contributed by atoms with Crippen LogP contribution in [0.2, 0.25) is 20.1 Å². The maximum atomic E-state index is 12.5. The highest BCUT2D eigenvalue weighted by Crippen LogP contribution is 2.36. The van der Waals surface area contributed by atoms with Crippen LogP contribution in [0.4, 0.5) is 0 Å². The van der Waals surface area contributed by atoms with Gasteiger partial charge in [-0.05, 0) is 183 Å². The first-order valence-electron chi connectivity index (χ1n) is 19.7. The minimum atomic E-state index is -1.13. The van der Waals surface area contributed by atoms with Crippen molar-refractivity contribution in [2.24, 2.45) is 0 Å². The molecule has 0 atom stereocenters. The fourth-order valence-corrected chi connectivity index (χ4v) is 8.58. The molecule has 4 rings (SSSR count). The number of rotatable bonds is 17. The monoisotopic (exact) mass is 1000 g/mol.